The van der Waals surface area contributed by atoms with E-state index in [4.69, 9.17) is 0 Å². The molecule has 0 saturated carbocycles. The van der Waals surface area contributed by atoms with Crippen LogP contribution in [0.15, 0.2) is 83.8 Å². The van der Waals surface area contributed by atoms with Crippen molar-refractivity contribution >= 4 is 27.3 Å². The summed E-state index contributed by atoms with van der Waals surface area (Å²) in [5, 5.41) is 15.3. The first-order valence-corrected chi connectivity index (χ1v) is 16.5. The zero-order chi connectivity index (χ0) is 33.0. The van der Waals surface area contributed by atoms with E-state index >= 15 is 0 Å². The van der Waals surface area contributed by atoms with E-state index in [2.05, 4.69) is 5.32 Å². The van der Waals surface area contributed by atoms with Crippen LogP contribution in [-0.2, 0) is 14.8 Å². The van der Waals surface area contributed by atoms with Crippen molar-refractivity contribution in [2.75, 3.05) is 79.8 Å². The molecule has 0 fully saturated rings. The van der Waals surface area contributed by atoms with Crippen LogP contribution < -0.4 is 5.32 Å². The van der Waals surface area contributed by atoms with Crippen molar-refractivity contribution in [3.8, 4) is 0 Å². The SMILES string of the molecule is CN(C)CCCN(CCCN(C)C)C(=O)CN(C)S(=O)(=O)c1ccc(NCC(c2ccccc2)c2ccccc2)c([N+](=O)[O-])c1. The summed E-state index contributed by atoms with van der Waals surface area (Å²) in [5.41, 5.74) is 1.94. The molecular formula is C33H46N6O5S. The first kappa shape index (κ1) is 35.6. The molecule has 0 atom stereocenters. The minimum Gasteiger partial charge on any atom is -0.379 e. The van der Waals surface area contributed by atoms with Crippen molar-refractivity contribution in [2.24, 2.45) is 0 Å². The molecule has 0 saturated heterocycles. The molecule has 0 spiro atoms. The largest absolute Gasteiger partial charge is 0.379 e. The van der Waals surface area contributed by atoms with Gasteiger partial charge in [-0.2, -0.15) is 4.31 Å². The van der Waals surface area contributed by atoms with E-state index in [1.54, 1.807) is 4.90 Å². The van der Waals surface area contributed by atoms with E-state index in [1.165, 1.54) is 19.2 Å². The highest BCUT2D eigenvalue weighted by molar-refractivity contribution is 7.89. The van der Waals surface area contributed by atoms with Crippen molar-refractivity contribution in [1.82, 2.24) is 19.0 Å². The summed E-state index contributed by atoms with van der Waals surface area (Å²) in [7, 11) is 4.99. The van der Waals surface area contributed by atoms with E-state index in [0.717, 1.165) is 47.4 Å². The standard InChI is InChI=1S/C33H46N6O5S/c1-35(2)20-12-22-38(23-13-21-36(3)4)33(40)26-37(5)45(43,44)29-18-19-31(32(24-29)39(41)42)34-25-30(27-14-8-6-9-15-27)28-16-10-7-11-17-28/h6-11,14-19,24,30,34H,12-13,20-23,25-26H2,1-5H3. The zero-order valence-electron chi connectivity index (χ0n) is 26.9. The molecule has 0 aromatic heterocycles. The van der Waals surface area contributed by atoms with Crippen LogP contribution in [0.4, 0.5) is 11.4 Å². The highest BCUT2D eigenvalue weighted by atomic mass is 32.2. The van der Waals surface area contributed by atoms with Crippen molar-refractivity contribution in [3.63, 3.8) is 0 Å². The summed E-state index contributed by atoms with van der Waals surface area (Å²) in [6, 6.07) is 23.5. The number of likely N-dealkylation sites (N-methyl/N-ethyl adjacent to an activating group) is 1. The number of carbonyl (C=O) groups excluding carboxylic acids is 1. The summed E-state index contributed by atoms with van der Waals surface area (Å²) in [4.78, 5) is 30.3. The molecule has 0 bridgehead atoms. The predicted octanol–water partition coefficient (Wildman–Crippen LogP) is 4.19. The predicted molar refractivity (Wildman–Crippen MR) is 179 cm³/mol. The molecule has 0 radical (unpaired) electrons. The average Bonchev–Trinajstić information content (AvgIpc) is 3.01. The average molecular weight is 639 g/mol. The van der Waals surface area contributed by atoms with Crippen LogP contribution in [-0.4, -0.2) is 113 Å². The minimum atomic E-state index is -4.19. The third-order valence-corrected chi connectivity index (χ3v) is 9.35. The van der Waals surface area contributed by atoms with E-state index in [0.29, 0.717) is 19.6 Å². The lowest BCUT2D eigenvalue weighted by Crippen LogP contribution is -2.43. The molecule has 45 heavy (non-hydrogen) atoms. The first-order chi connectivity index (χ1) is 21.4. The smallest absolute Gasteiger partial charge is 0.293 e. The summed E-state index contributed by atoms with van der Waals surface area (Å²) in [5.74, 6) is -0.398. The number of nitro benzene ring substituents is 1. The Hall–Kier alpha value is -3.84. The molecule has 0 unspecified atom stereocenters. The first-order valence-electron chi connectivity index (χ1n) is 15.1. The number of amides is 1. The number of hydrogen-bond donors (Lipinski definition) is 1. The number of anilines is 1. The molecule has 3 aromatic rings. The topological polar surface area (TPSA) is 119 Å². The fourth-order valence-corrected chi connectivity index (χ4v) is 6.20. The number of benzene rings is 3. The van der Waals surface area contributed by atoms with Gasteiger partial charge in [0.15, 0.2) is 0 Å². The second kappa shape index (κ2) is 17.0. The number of rotatable bonds is 18. The van der Waals surface area contributed by atoms with E-state index in [-0.39, 0.29) is 34.6 Å². The number of nitrogens with zero attached hydrogens (tertiary/aromatic N) is 5. The molecule has 12 heteroatoms. The van der Waals surface area contributed by atoms with Gasteiger partial charge in [-0.1, -0.05) is 60.7 Å². The van der Waals surface area contributed by atoms with Gasteiger partial charge in [0.1, 0.15) is 5.69 Å². The van der Waals surface area contributed by atoms with Gasteiger partial charge >= 0.3 is 0 Å². The van der Waals surface area contributed by atoms with Gasteiger partial charge in [-0.15, -0.1) is 0 Å². The van der Waals surface area contributed by atoms with Crippen LogP contribution in [0, 0.1) is 10.1 Å². The highest BCUT2D eigenvalue weighted by Crippen LogP contribution is 2.31. The van der Waals surface area contributed by atoms with Gasteiger partial charge in [-0.05, 0) is 77.4 Å². The Morgan fingerprint density at radius 3 is 1.78 bits per heavy atom. The number of nitrogens with one attached hydrogen (secondary N) is 1. The number of sulfonamides is 1. The molecule has 3 aromatic carbocycles. The van der Waals surface area contributed by atoms with E-state index < -0.39 is 14.9 Å². The monoisotopic (exact) mass is 638 g/mol. The summed E-state index contributed by atoms with van der Waals surface area (Å²) in [6.07, 6.45) is 1.51. The maximum Gasteiger partial charge on any atom is 0.293 e. The van der Waals surface area contributed by atoms with Gasteiger partial charge in [-0.3, -0.25) is 14.9 Å². The van der Waals surface area contributed by atoms with Gasteiger partial charge in [0, 0.05) is 38.7 Å². The number of carbonyl (C=O) groups is 1. The van der Waals surface area contributed by atoms with Crippen LogP contribution in [0.3, 0.4) is 0 Å². The van der Waals surface area contributed by atoms with Gasteiger partial charge in [0.2, 0.25) is 15.9 Å². The maximum absolute atomic E-state index is 13.5. The summed E-state index contributed by atoms with van der Waals surface area (Å²) >= 11 is 0. The Morgan fingerprint density at radius 2 is 1.31 bits per heavy atom. The van der Waals surface area contributed by atoms with Crippen molar-refractivity contribution in [3.05, 3.63) is 100 Å². The lowest BCUT2D eigenvalue weighted by atomic mass is 9.91. The minimum absolute atomic E-state index is 0.0917. The Kier molecular flexibility index (Phi) is 13.5. The summed E-state index contributed by atoms with van der Waals surface area (Å²) in [6.45, 7) is 2.61. The van der Waals surface area contributed by atoms with E-state index in [1.807, 2.05) is 98.7 Å². The van der Waals surface area contributed by atoms with Crippen LogP contribution in [0.2, 0.25) is 0 Å². The van der Waals surface area contributed by atoms with Crippen LogP contribution in [0.5, 0.6) is 0 Å². The van der Waals surface area contributed by atoms with Crippen molar-refractivity contribution in [1.29, 1.82) is 0 Å². The molecule has 244 valence electrons. The fraction of sp³-hybridized carbons (Fsp3) is 0.424. The van der Waals surface area contributed by atoms with Crippen LogP contribution in [0.1, 0.15) is 29.9 Å². The molecule has 1 amide bonds. The quantitative estimate of drug-likeness (QED) is 0.163. The van der Waals surface area contributed by atoms with Crippen molar-refractivity contribution in [2.45, 2.75) is 23.7 Å². The summed E-state index contributed by atoms with van der Waals surface area (Å²) < 4.78 is 28.0. The van der Waals surface area contributed by atoms with E-state index in [9.17, 15) is 23.3 Å². The third kappa shape index (κ3) is 10.6. The molecule has 0 heterocycles. The van der Waals surface area contributed by atoms with Gasteiger partial charge in [-0.25, -0.2) is 8.42 Å². The maximum atomic E-state index is 13.5. The lowest BCUT2D eigenvalue weighted by molar-refractivity contribution is -0.384. The highest BCUT2D eigenvalue weighted by Gasteiger charge is 2.28. The third-order valence-electron chi connectivity index (χ3n) is 7.55. The molecule has 0 aliphatic rings. The second-order valence-electron chi connectivity index (χ2n) is 11.6. The Morgan fingerprint density at radius 1 is 0.800 bits per heavy atom. The molecule has 3 rings (SSSR count). The number of nitro groups is 1. The van der Waals surface area contributed by atoms with Crippen LogP contribution in [0.25, 0.3) is 0 Å². The number of hydrogen-bond acceptors (Lipinski definition) is 8. The van der Waals surface area contributed by atoms with Gasteiger partial charge in [0.05, 0.1) is 16.4 Å². The van der Waals surface area contributed by atoms with Gasteiger partial charge < -0.3 is 20.0 Å². The molecule has 0 aliphatic heterocycles. The van der Waals surface area contributed by atoms with Gasteiger partial charge in [0.25, 0.3) is 5.69 Å². The molecule has 0 aliphatic carbocycles. The van der Waals surface area contributed by atoms with Crippen LogP contribution >= 0.6 is 0 Å². The Balaban J connectivity index is 1.78. The normalized spacial score (nSPS) is 11.8. The lowest BCUT2D eigenvalue weighted by Gasteiger charge is -2.26. The Labute approximate surface area is 267 Å². The zero-order valence-corrected chi connectivity index (χ0v) is 27.7. The fourth-order valence-electron chi connectivity index (χ4n) is 5.06. The molecule has 11 nitrogen and oxygen atoms in total. The second-order valence-corrected chi connectivity index (χ2v) is 13.7. The molecule has 1 N–H and O–H groups in total. The Bertz CT molecular complexity index is 1430. The van der Waals surface area contributed by atoms with Crippen molar-refractivity contribution < 1.29 is 18.1 Å². The molecular weight excluding hydrogens is 592 g/mol.